The number of alkyl halides is 1. The molecular formula is C15H24IN3. The van der Waals surface area contributed by atoms with Gasteiger partial charge in [0.2, 0.25) is 0 Å². The van der Waals surface area contributed by atoms with E-state index in [2.05, 4.69) is 81.9 Å². The predicted molar refractivity (Wildman–Crippen MR) is 91.9 cm³/mol. The molecule has 1 fully saturated rings. The van der Waals surface area contributed by atoms with Gasteiger partial charge in [0.25, 0.3) is 0 Å². The Bertz CT molecular complexity index is 372. The predicted octanol–water partition coefficient (Wildman–Crippen LogP) is 3.18. The number of nitrogens with one attached hydrogen (secondary N) is 3. The van der Waals surface area contributed by atoms with Crippen molar-refractivity contribution in [3.05, 3.63) is 48.1 Å². The maximum absolute atomic E-state index is 3.57. The van der Waals surface area contributed by atoms with Gasteiger partial charge in [-0.3, -0.25) is 16.0 Å². The number of hydrogen-bond acceptors (Lipinski definition) is 3. The normalized spacial score (nSPS) is 29.9. The highest BCUT2D eigenvalue weighted by Gasteiger charge is 2.25. The van der Waals surface area contributed by atoms with E-state index in [0.717, 1.165) is 6.42 Å². The van der Waals surface area contributed by atoms with Crippen LogP contribution in [0.3, 0.4) is 0 Å². The maximum atomic E-state index is 3.57. The van der Waals surface area contributed by atoms with Gasteiger partial charge in [0.05, 0.1) is 12.3 Å². The molecule has 0 amide bonds. The average molecular weight is 373 g/mol. The van der Waals surface area contributed by atoms with Crippen LogP contribution in [-0.2, 0) is 0 Å². The Morgan fingerprint density at radius 2 is 1.84 bits per heavy atom. The lowest BCUT2D eigenvalue weighted by atomic mass is 10.1. The Labute approximate surface area is 130 Å². The van der Waals surface area contributed by atoms with Gasteiger partial charge in [0.1, 0.15) is 4.17 Å². The Morgan fingerprint density at radius 3 is 2.47 bits per heavy atom. The summed E-state index contributed by atoms with van der Waals surface area (Å²) in [5.74, 6) is 0. The highest BCUT2D eigenvalue weighted by molar-refractivity contribution is 14.1. The van der Waals surface area contributed by atoms with Crippen molar-refractivity contribution in [1.29, 1.82) is 0 Å². The quantitative estimate of drug-likeness (QED) is 0.300. The van der Waals surface area contributed by atoms with Gasteiger partial charge in [0, 0.05) is 0 Å². The largest absolute Gasteiger partial charge is 0.282 e. The summed E-state index contributed by atoms with van der Waals surface area (Å²) in [6, 6.07) is 0. The molecule has 4 heteroatoms. The summed E-state index contributed by atoms with van der Waals surface area (Å²) in [6.07, 6.45) is 16.2. The molecular weight excluding hydrogens is 349 g/mol. The van der Waals surface area contributed by atoms with E-state index in [4.69, 9.17) is 0 Å². The van der Waals surface area contributed by atoms with Crippen LogP contribution in [0.4, 0.5) is 0 Å². The molecule has 0 aliphatic carbocycles. The zero-order chi connectivity index (χ0) is 14.1. The zero-order valence-corrected chi connectivity index (χ0v) is 14.0. The SMILES string of the molecule is C/C=C\C=C/CC1NC(I)NC(C(/C=C\C)=C/C)N1. The molecule has 1 rings (SSSR count). The van der Waals surface area contributed by atoms with Crippen LogP contribution >= 0.6 is 22.6 Å². The second-order valence-electron chi connectivity index (χ2n) is 4.33. The Balaban J connectivity index is 2.61. The third-order valence-corrected chi connectivity index (χ3v) is 3.58. The number of hydrogen-bond donors (Lipinski definition) is 3. The standard InChI is InChI=1S/C15H24IN3/c1-4-7-8-9-11-13-17-14(19-15(16)18-13)12(6-3)10-5-2/h4-10,13-15,17-19H,11H2,1-3H3/b7-4-,9-8-,10-5-,12-6+. The van der Waals surface area contributed by atoms with Gasteiger partial charge in [-0.25, -0.2) is 0 Å². The molecule has 0 saturated carbocycles. The van der Waals surface area contributed by atoms with E-state index in [0.29, 0.717) is 0 Å². The van der Waals surface area contributed by atoms with Crippen LogP contribution in [0, 0.1) is 0 Å². The molecule has 3 unspecified atom stereocenters. The molecule has 0 spiro atoms. The smallest absolute Gasteiger partial charge is 0.114 e. The number of rotatable bonds is 5. The Kier molecular flexibility index (Phi) is 8.29. The van der Waals surface area contributed by atoms with Crippen molar-refractivity contribution in [2.24, 2.45) is 0 Å². The molecule has 0 radical (unpaired) electrons. The summed E-state index contributed by atoms with van der Waals surface area (Å²) in [5, 5.41) is 10.5. The zero-order valence-electron chi connectivity index (χ0n) is 11.9. The summed E-state index contributed by atoms with van der Waals surface area (Å²) in [6.45, 7) is 6.14. The minimum absolute atomic E-state index is 0.199. The fourth-order valence-corrected chi connectivity index (χ4v) is 2.75. The maximum Gasteiger partial charge on any atom is 0.114 e. The monoisotopic (exact) mass is 373 g/mol. The van der Waals surface area contributed by atoms with Crippen LogP contribution in [0.15, 0.2) is 48.1 Å². The van der Waals surface area contributed by atoms with Crippen molar-refractivity contribution in [3.63, 3.8) is 0 Å². The third kappa shape index (κ3) is 6.03. The molecule has 1 saturated heterocycles. The van der Waals surface area contributed by atoms with E-state index in [-0.39, 0.29) is 16.5 Å². The Morgan fingerprint density at radius 1 is 1.05 bits per heavy atom. The summed E-state index contributed by atoms with van der Waals surface area (Å²) in [7, 11) is 0. The highest BCUT2D eigenvalue weighted by atomic mass is 127. The van der Waals surface area contributed by atoms with Crippen LogP contribution in [0.1, 0.15) is 27.2 Å². The first-order valence-electron chi connectivity index (χ1n) is 6.70. The molecule has 3 nitrogen and oxygen atoms in total. The van der Waals surface area contributed by atoms with E-state index in [1.807, 2.05) is 19.9 Å². The molecule has 1 heterocycles. The van der Waals surface area contributed by atoms with Crippen molar-refractivity contribution in [3.8, 4) is 0 Å². The summed E-state index contributed by atoms with van der Waals surface area (Å²) in [4.78, 5) is 0. The van der Waals surface area contributed by atoms with E-state index in [1.165, 1.54) is 5.57 Å². The van der Waals surface area contributed by atoms with E-state index in [1.54, 1.807) is 0 Å². The average Bonchev–Trinajstić information content (AvgIpc) is 2.40. The van der Waals surface area contributed by atoms with Gasteiger partial charge < -0.3 is 0 Å². The molecule has 1 aliphatic rings. The lowest BCUT2D eigenvalue weighted by Gasteiger charge is -2.37. The van der Waals surface area contributed by atoms with Crippen LogP contribution < -0.4 is 16.0 Å². The first-order chi connectivity index (χ1) is 9.21. The van der Waals surface area contributed by atoms with Crippen LogP contribution in [0.25, 0.3) is 0 Å². The minimum atomic E-state index is 0.199. The molecule has 19 heavy (non-hydrogen) atoms. The fourth-order valence-electron chi connectivity index (χ4n) is 1.95. The van der Waals surface area contributed by atoms with Crippen LogP contribution in [0.2, 0.25) is 0 Å². The summed E-state index contributed by atoms with van der Waals surface area (Å²) < 4.78 is 0.268. The second-order valence-corrected chi connectivity index (χ2v) is 5.57. The molecule has 106 valence electrons. The highest BCUT2D eigenvalue weighted by Crippen LogP contribution is 2.11. The van der Waals surface area contributed by atoms with E-state index < -0.39 is 0 Å². The van der Waals surface area contributed by atoms with E-state index >= 15 is 0 Å². The Hall–Kier alpha value is -0.430. The molecule has 3 N–H and O–H groups in total. The van der Waals surface area contributed by atoms with Crippen molar-refractivity contribution >= 4 is 22.6 Å². The molecule has 3 atom stereocenters. The van der Waals surface area contributed by atoms with E-state index in [9.17, 15) is 0 Å². The molecule has 0 aromatic heterocycles. The van der Waals surface area contributed by atoms with Gasteiger partial charge in [-0.1, -0.05) is 42.5 Å². The summed E-state index contributed by atoms with van der Waals surface area (Å²) >= 11 is 2.38. The third-order valence-electron chi connectivity index (χ3n) is 2.87. The van der Waals surface area contributed by atoms with Gasteiger partial charge in [-0.15, -0.1) is 0 Å². The summed E-state index contributed by atoms with van der Waals surface area (Å²) in [5.41, 5.74) is 1.27. The lowest BCUT2D eigenvalue weighted by molar-refractivity contribution is 0.279. The molecule has 1 aliphatic heterocycles. The molecule has 0 aromatic rings. The van der Waals surface area contributed by atoms with Gasteiger partial charge >= 0.3 is 0 Å². The first kappa shape index (κ1) is 16.6. The number of allylic oxidation sites excluding steroid dienone is 5. The van der Waals surface area contributed by atoms with Crippen molar-refractivity contribution in [2.75, 3.05) is 0 Å². The second kappa shape index (κ2) is 9.47. The first-order valence-corrected chi connectivity index (χ1v) is 7.94. The van der Waals surface area contributed by atoms with Crippen molar-refractivity contribution in [2.45, 2.75) is 43.7 Å². The van der Waals surface area contributed by atoms with Crippen LogP contribution in [0.5, 0.6) is 0 Å². The van der Waals surface area contributed by atoms with Crippen molar-refractivity contribution in [1.82, 2.24) is 16.0 Å². The number of halogens is 1. The van der Waals surface area contributed by atoms with Gasteiger partial charge in [-0.05, 0) is 55.4 Å². The van der Waals surface area contributed by atoms with Gasteiger partial charge in [-0.2, -0.15) is 0 Å². The molecule has 0 bridgehead atoms. The molecule has 0 aromatic carbocycles. The van der Waals surface area contributed by atoms with Crippen molar-refractivity contribution < 1.29 is 0 Å². The fraction of sp³-hybridized carbons (Fsp3) is 0.467. The van der Waals surface area contributed by atoms with Gasteiger partial charge in [0.15, 0.2) is 0 Å². The lowest BCUT2D eigenvalue weighted by Crippen LogP contribution is -2.65. The minimum Gasteiger partial charge on any atom is -0.282 e. The van der Waals surface area contributed by atoms with Crippen LogP contribution in [-0.4, -0.2) is 16.5 Å². The topological polar surface area (TPSA) is 36.1 Å².